The Labute approximate surface area is 122 Å². The average molecular weight is 282 g/mol. The Hall–Kier alpha value is -2.62. The number of rotatable bonds is 3. The van der Waals surface area contributed by atoms with Gasteiger partial charge in [-0.05, 0) is 30.5 Å². The van der Waals surface area contributed by atoms with Gasteiger partial charge < -0.3 is 10.4 Å². The predicted molar refractivity (Wildman–Crippen MR) is 81.8 cm³/mol. The van der Waals surface area contributed by atoms with Crippen molar-refractivity contribution in [3.63, 3.8) is 0 Å². The van der Waals surface area contributed by atoms with Gasteiger partial charge in [0.2, 0.25) is 0 Å². The molecule has 1 unspecified atom stereocenters. The summed E-state index contributed by atoms with van der Waals surface area (Å²) in [5.74, 6) is -0.494. The third-order valence-electron chi connectivity index (χ3n) is 3.51. The molecule has 0 aliphatic carbocycles. The molecule has 2 N–H and O–H groups in total. The molecule has 21 heavy (non-hydrogen) atoms. The molecule has 1 heterocycles. The van der Waals surface area contributed by atoms with Crippen molar-refractivity contribution in [1.29, 1.82) is 0 Å². The zero-order valence-corrected chi connectivity index (χ0v) is 11.5. The summed E-state index contributed by atoms with van der Waals surface area (Å²) < 4.78 is 13.9. The molecule has 106 valence electrons. The van der Waals surface area contributed by atoms with Crippen molar-refractivity contribution in [3.05, 3.63) is 66.2 Å². The van der Waals surface area contributed by atoms with Gasteiger partial charge in [-0.15, -0.1) is 0 Å². The van der Waals surface area contributed by atoms with Crippen LogP contribution in [0.3, 0.4) is 0 Å². The van der Waals surface area contributed by atoms with Crippen LogP contribution in [0.2, 0.25) is 0 Å². The highest BCUT2D eigenvalue weighted by Crippen LogP contribution is 2.28. The smallest absolute Gasteiger partial charge is 0.132 e. The topological polar surface area (TPSA) is 45.2 Å². The van der Waals surface area contributed by atoms with Crippen molar-refractivity contribution in [1.82, 2.24) is 4.98 Å². The van der Waals surface area contributed by atoms with Gasteiger partial charge in [-0.2, -0.15) is 0 Å². The lowest BCUT2D eigenvalue weighted by atomic mass is 10.1. The zero-order valence-electron chi connectivity index (χ0n) is 11.5. The number of phenolic OH excluding ortho intramolecular Hbond substituents is 1. The molecule has 0 spiro atoms. The lowest BCUT2D eigenvalue weighted by Crippen LogP contribution is -2.08. The zero-order chi connectivity index (χ0) is 14.8. The van der Waals surface area contributed by atoms with E-state index in [-0.39, 0.29) is 11.8 Å². The lowest BCUT2D eigenvalue weighted by molar-refractivity contribution is 0.467. The van der Waals surface area contributed by atoms with Crippen LogP contribution in [0, 0.1) is 5.82 Å². The normalized spacial score (nSPS) is 12.3. The standard InChI is InChI=1S/C17H15FN2O/c1-11(14-6-5-13(21)9-16(14)18)20-17-4-2-3-12-7-8-19-10-15(12)17/h2-11,20-21H,1H3. The Kier molecular flexibility index (Phi) is 3.44. The average Bonchev–Trinajstić information content (AvgIpc) is 2.47. The van der Waals surface area contributed by atoms with Crippen LogP contribution in [0.1, 0.15) is 18.5 Å². The largest absolute Gasteiger partial charge is 0.508 e. The highest BCUT2D eigenvalue weighted by molar-refractivity contribution is 5.93. The monoisotopic (exact) mass is 282 g/mol. The third kappa shape index (κ3) is 2.65. The summed E-state index contributed by atoms with van der Waals surface area (Å²) >= 11 is 0. The number of pyridine rings is 1. The molecule has 1 aromatic heterocycles. The lowest BCUT2D eigenvalue weighted by Gasteiger charge is -2.18. The molecule has 0 saturated carbocycles. The number of hydrogen-bond acceptors (Lipinski definition) is 3. The molecule has 0 fully saturated rings. The Morgan fingerprint density at radius 3 is 2.86 bits per heavy atom. The minimum Gasteiger partial charge on any atom is -0.508 e. The van der Waals surface area contributed by atoms with Crippen LogP contribution >= 0.6 is 0 Å². The first-order valence-corrected chi connectivity index (χ1v) is 6.73. The number of nitrogens with one attached hydrogen (secondary N) is 1. The quantitative estimate of drug-likeness (QED) is 0.754. The number of aromatic nitrogens is 1. The SMILES string of the molecule is CC(Nc1cccc2ccncc12)c1ccc(O)cc1F. The molecule has 3 rings (SSSR count). The predicted octanol–water partition coefficient (Wildman–Crippen LogP) is 4.25. The molecule has 3 nitrogen and oxygen atoms in total. The Morgan fingerprint density at radius 1 is 1.19 bits per heavy atom. The highest BCUT2D eigenvalue weighted by atomic mass is 19.1. The summed E-state index contributed by atoms with van der Waals surface area (Å²) in [6.07, 6.45) is 3.53. The van der Waals surface area contributed by atoms with Crippen molar-refractivity contribution < 1.29 is 9.50 Å². The summed E-state index contributed by atoms with van der Waals surface area (Å²) in [6.45, 7) is 1.88. The van der Waals surface area contributed by atoms with Crippen LogP contribution in [0.15, 0.2) is 54.9 Å². The van der Waals surface area contributed by atoms with Gasteiger partial charge in [-0.1, -0.05) is 18.2 Å². The molecule has 4 heteroatoms. The first kappa shape index (κ1) is 13.4. The van der Waals surface area contributed by atoms with Crippen LogP contribution in [-0.2, 0) is 0 Å². The van der Waals surface area contributed by atoms with E-state index in [1.54, 1.807) is 18.5 Å². The second-order valence-electron chi connectivity index (χ2n) is 4.97. The van der Waals surface area contributed by atoms with Crippen LogP contribution in [0.5, 0.6) is 5.75 Å². The van der Waals surface area contributed by atoms with Gasteiger partial charge in [0.1, 0.15) is 11.6 Å². The van der Waals surface area contributed by atoms with Gasteiger partial charge in [-0.3, -0.25) is 4.98 Å². The maximum absolute atomic E-state index is 13.9. The molecule has 0 amide bonds. The summed E-state index contributed by atoms with van der Waals surface area (Å²) in [4.78, 5) is 4.14. The van der Waals surface area contributed by atoms with Gasteiger partial charge in [0.15, 0.2) is 0 Å². The fourth-order valence-corrected chi connectivity index (χ4v) is 2.42. The van der Waals surface area contributed by atoms with Crippen LogP contribution in [0.25, 0.3) is 10.8 Å². The van der Waals surface area contributed by atoms with Crippen LogP contribution in [-0.4, -0.2) is 10.1 Å². The number of fused-ring (bicyclic) bond motifs is 1. The van der Waals surface area contributed by atoms with E-state index in [1.165, 1.54) is 6.07 Å². The van der Waals surface area contributed by atoms with Crippen molar-refractivity contribution in [3.8, 4) is 5.75 Å². The number of benzene rings is 2. The number of halogens is 1. The molecule has 3 aromatic rings. The van der Waals surface area contributed by atoms with E-state index in [9.17, 15) is 9.50 Å². The van der Waals surface area contributed by atoms with Gasteiger partial charge in [0, 0.05) is 35.1 Å². The van der Waals surface area contributed by atoms with Gasteiger partial charge in [0.05, 0.1) is 6.04 Å². The fourth-order valence-electron chi connectivity index (χ4n) is 2.42. The summed E-state index contributed by atoms with van der Waals surface area (Å²) in [5, 5.41) is 14.7. The number of anilines is 1. The van der Waals surface area contributed by atoms with E-state index in [0.29, 0.717) is 5.56 Å². The number of aromatic hydroxyl groups is 1. The minimum atomic E-state index is -0.423. The van der Waals surface area contributed by atoms with Crippen molar-refractivity contribution in [2.75, 3.05) is 5.32 Å². The second-order valence-corrected chi connectivity index (χ2v) is 4.97. The first-order chi connectivity index (χ1) is 10.1. The Morgan fingerprint density at radius 2 is 2.05 bits per heavy atom. The summed E-state index contributed by atoms with van der Waals surface area (Å²) in [5.41, 5.74) is 1.41. The van der Waals surface area contributed by atoms with Crippen LogP contribution in [0.4, 0.5) is 10.1 Å². The van der Waals surface area contributed by atoms with E-state index in [2.05, 4.69) is 10.3 Å². The van der Waals surface area contributed by atoms with Crippen molar-refractivity contribution in [2.45, 2.75) is 13.0 Å². The Balaban J connectivity index is 1.94. The van der Waals surface area contributed by atoms with E-state index in [4.69, 9.17) is 0 Å². The maximum atomic E-state index is 13.9. The van der Waals surface area contributed by atoms with Crippen molar-refractivity contribution >= 4 is 16.5 Å². The molecule has 0 radical (unpaired) electrons. The van der Waals surface area contributed by atoms with E-state index >= 15 is 0 Å². The highest BCUT2D eigenvalue weighted by Gasteiger charge is 2.12. The molecule has 0 bridgehead atoms. The van der Waals surface area contributed by atoms with Crippen molar-refractivity contribution in [2.24, 2.45) is 0 Å². The molecule has 0 aliphatic heterocycles. The number of nitrogens with zero attached hydrogens (tertiary/aromatic N) is 1. The maximum Gasteiger partial charge on any atom is 0.132 e. The van der Waals surface area contributed by atoms with Gasteiger partial charge in [-0.25, -0.2) is 4.39 Å². The minimum absolute atomic E-state index is 0.0715. The van der Waals surface area contributed by atoms with E-state index in [0.717, 1.165) is 22.5 Å². The first-order valence-electron chi connectivity index (χ1n) is 6.73. The molecule has 2 aromatic carbocycles. The molecular formula is C17H15FN2O. The van der Waals surface area contributed by atoms with Gasteiger partial charge >= 0.3 is 0 Å². The summed E-state index contributed by atoms with van der Waals surface area (Å²) in [7, 11) is 0. The Bertz CT molecular complexity index is 783. The molecule has 0 aliphatic rings. The van der Waals surface area contributed by atoms with E-state index < -0.39 is 5.82 Å². The number of phenols is 1. The summed E-state index contributed by atoms with van der Waals surface area (Å²) in [6, 6.07) is 11.8. The van der Waals surface area contributed by atoms with E-state index in [1.807, 2.05) is 31.2 Å². The molecule has 1 atom stereocenters. The van der Waals surface area contributed by atoms with Crippen LogP contribution < -0.4 is 5.32 Å². The second kappa shape index (κ2) is 5.40. The number of hydrogen-bond donors (Lipinski definition) is 2. The van der Waals surface area contributed by atoms with Gasteiger partial charge in [0.25, 0.3) is 0 Å². The molecule has 0 saturated heterocycles. The fraction of sp³-hybridized carbons (Fsp3) is 0.118. The third-order valence-corrected chi connectivity index (χ3v) is 3.51. The molecular weight excluding hydrogens is 267 g/mol.